The third-order valence-electron chi connectivity index (χ3n) is 4.96. The summed E-state index contributed by atoms with van der Waals surface area (Å²) in [7, 11) is 0. The van der Waals surface area contributed by atoms with E-state index in [-0.39, 0.29) is 24.7 Å². The number of amides is 2. The summed E-state index contributed by atoms with van der Waals surface area (Å²) in [5.41, 5.74) is 1.54. The first-order chi connectivity index (χ1) is 18.0. The van der Waals surface area contributed by atoms with Gasteiger partial charge >= 0.3 is 0 Å². The van der Waals surface area contributed by atoms with Crippen LogP contribution in [-0.2, 0) is 35.3 Å². The summed E-state index contributed by atoms with van der Waals surface area (Å²) in [5.74, 6) is 1.37. The van der Waals surface area contributed by atoms with Gasteiger partial charge in [-0.2, -0.15) is 11.8 Å². The normalized spacial score (nSPS) is 10.9. The first-order valence-corrected chi connectivity index (χ1v) is 14.8. The quantitative estimate of drug-likeness (QED) is 0.207. The fourth-order valence-electron chi connectivity index (χ4n) is 3.19. The van der Waals surface area contributed by atoms with Crippen molar-refractivity contribution in [3.63, 3.8) is 0 Å². The summed E-state index contributed by atoms with van der Waals surface area (Å²) in [6.45, 7) is 0. The van der Waals surface area contributed by atoms with Crippen molar-refractivity contribution in [1.29, 1.82) is 0 Å². The average Bonchev–Trinajstić information content (AvgIpc) is 3.51. The Morgan fingerprint density at radius 3 is 1.57 bits per heavy atom. The average molecular weight is 594 g/mol. The molecular weight excluding hydrogens is 571 g/mol. The van der Waals surface area contributed by atoms with Crippen molar-refractivity contribution in [3.05, 3.63) is 79.7 Å². The van der Waals surface area contributed by atoms with Crippen molar-refractivity contribution in [2.75, 3.05) is 22.1 Å². The van der Waals surface area contributed by atoms with Gasteiger partial charge in [0.2, 0.25) is 22.1 Å². The van der Waals surface area contributed by atoms with E-state index in [4.69, 9.17) is 23.2 Å². The number of hydrogen-bond acceptors (Lipinski definition) is 9. The van der Waals surface area contributed by atoms with Gasteiger partial charge in [-0.25, -0.2) is 0 Å². The summed E-state index contributed by atoms with van der Waals surface area (Å²) in [6.07, 6.45) is 1.87. The minimum atomic E-state index is -0.179. The molecule has 2 aromatic carbocycles. The van der Waals surface area contributed by atoms with Crippen LogP contribution in [0.15, 0.2) is 48.5 Å². The van der Waals surface area contributed by atoms with E-state index in [9.17, 15) is 9.59 Å². The predicted octanol–water partition coefficient (Wildman–Crippen LogP) is 5.58. The second-order valence-corrected chi connectivity index (χ2v) is 11.9. The van der Waals surface area contributed by atoms with Crippen LogP contribution in [0.25, 0.3) is 0 Å². The van der Waals surface area contributed by atoms with E-state index >= 15 is 0 Å². The number of nitrogens with one attached hydrogen (secondary N) is 2. The monoisotopic (exact) mass is 592 g/mol. The molecule has 0 atom stereocenters. The molecule has 0 radical (unpaired) electrons. The number of anilines is 2. The third kappa shape index (κ3) is 8.75. The molecule has 0 saturated heterocycles. The van der Waals surface area contributed by atoms with Crippen LogP contribution in [0.5, 0.6) is 0 Å². The maximum Gasteiger partial charge on any atom is 0.230 e. The van der Waals surface area contributed by atoms with Gasteiger partial charge in [-0.15, -0.1) is 20.4 Å². The first-order valence-electron chi connectivity index (χ1n) is 11.3. The zero-order valence-corrected chi connectivity index (χ0v) is 23.4. The highest BCUT2D eigenvalue weighted by Crippen LogP contribution is 2.22. The van der Waals surface area contributed by atoms with Gasteiger partial charge in [-0.05, 0) is 34.8 Å². The zero-order valence-electron chi connectivity index (χ0n) is 19.4. The number of rotatable bonds is 12. The molecule has 0 unspecified atom stereocenters. The molecule has 0 aliphatic rings. The number of halogens is 2. The van der Waals surface area contributed by atoms with Gasteiger partial charge in [0.1, 0.15) is 10.0 Å². The molecule has 2 amide bonds. The number of aryl methyl sites for hydroxylation is 2. The zero-order chi connectivity index (χ0) is 26.0. The Balaban J connectivity index is 1.13. The SMILES string of the molecule is O=C(Cc1ccccc1Cl)Nc1nnc(CCSCCc2nnc(NC(=O)Cc3ccccc3Cl)s2)s1. The number of hydrogen-bond donors (Lipinski definition) is 2. The molecule has 0 spiro atoms. The summed E-state index contributed by atoms with van der Waals surface area (Å²) < 4.78 is 0. The molecule has 0 fully saturated rings. The lowest BCUT2D eigenvalue weighted by Gasteiger charge is -2.03. The molecule has 0 bridgehead atoms. The van der Waals surface area contributed by atoms with E-state index in [2.05, 4.69) is 31.0 Å². The van der Waals surface area contributed by atoms with Crippen molar-refractivity contribution in [1.82, 2.24) is 20.4 Å². The molecule has 37 heavy (non-hydrogen) atoms. The highest BCUT2D eigenvalue weighted by molar-refractivity contribution is 7.99. The Morgan fingerprint density at radius 2 is 1.14 bits per heavy atom. The standard InChI is InChI=1S/C24H22Cl2N6O2S3/c25-17-7-3-1-5-15(17)13-19(33)27-23-31-29-21(36-23)9-11-35-12-10-22-30-32-24(37-22)28-20(34)14-16-6-2-4-8-18(16)26/h1-8H,9-14H2,(H,27,31,33)(H,28,32,34). The van der Waals surface area contributed by atoms with Crippen LogP contribution >= 0.6 is 57.6 Å². The van der Waals surface area contributed by atoms with Crippen LogP contribution in [0.3, 0.4) is 0 Å². The largest absolute Gasteiger partial charge is 0.300 e. The molecule has 13 heteroatoms. The Morgan fingerprint density at radius 1 is 0.703 bits per heavy atom. The molecular formula is C24H22Cl2N6O2S3. The molecule has 4 rings (SSSR count). The van der Waals surface area contributed by atoms with Gasteiger partial charge in [0, 0.05) is 22.9 Å². The number of carbonyl (C=O) groups is 2. The number of nitrogens with zero attached hydrogens (tertiary/aromatic N) is 4. The molecule has 2 N–H and O–H groups in total. The van der Waals surface area contributed by atoms with E-state index in [1.807, 2.05) is 36.4 Å². The van der Waals surface area contributed by atoms with Crippen LogP contribution < -0.4 is 10.6 Å². The van der Waals surface area contributed by atoms with E-state index < -0.39 is 0 Å². The van der Waals surface area contributed by atoms with E-state index in [1.54, 1.807) is 23.9 Å². The van der Waals surface area contributed by atoms with Gasteiger partial charge in [0.05, 0.1) is 12.8 Å². The van der Waals surface area contributed by atoms with Gasteiger partial charge < -0.3 is 10.6 Å². The maximum atomic E-state index is 12.3. The Kier molecular flexibility index (Phi) is 10.3. The fourth-order valence-corrected chi connectivity index (χ4v) is 6.24. The molecule has 0 aliphatic heterocycles. The van der Waals surface area contributed by atoms with Crippen molar-refractivity contribution < 1.29 is 9.59 Å². The van der Waals surface area contributed by atoms with Crippen molar-refractivity contribution >= 4 is 79.7 Å². The predicted molar refractivity (Wildman–Crippen MR) is 152 cm³/mol. The molecule has 0 aliphatic carbocycles. The van der Waals surface area contributed by atoms with Gasteiger partial charge in [-0.1, -0.05) is 82.3 Å². The van der Waals surface area contributed by atoms with Gasteiger partial charge in [0.15, 0.2) is 0 Å². The van der Waals surface area contributed by atoms with Crippen LogP contribution in [-0.4, -0.2) is 43.7 Å². The lowest BCUT2D eigenvalue weighted by atomic mass is 10.1. The summed E-state index contributed by atoms with van der Waals surface area (Å²) in [6, 6.07) is 14.5. The van der Waals surface area contributed by atoms with Crippen molar-refractivity contribution in [2.24, 2.45) is 0 Å². The summed E-state index contributed by atoms with van der Waals surface area (Å²) in [4.78, 5) is 24.5. The lowest BCUT2D eigenvalue weighted by molar-refractivity contribution is -0.116. The first kappa shape index (κ1) is 27.5. The molecule has 4 aromatic rings. The molecule has 2 aromatic heterocycles. The van der Waals surface area contributed by atoms with Crippen LogP contribution in [0.4, 0.5) is 10.3 Å². The summed E-state index contributed by atoms with van der Waals surface area (Å²) in [5, 5.41) is 25.8. The maximum absolute atomic E-state index is 12.3. The smallest absolute Gasteiger partial charge is 0.230 e. The Bertz CT molecular complexity index is 1260. The van der Waals surface area contributed by atoms with Crippen molar-refractivity contribution in [3.8, 4) is 0 Å². The second-order valence-electron chi connectivity index (χ2n) is 7.75. The fraction of sp³-hybridized carbons (Fsp3) is 0.250. The highest BCUT2D eigenvalue weighted by Gasteiger charge is 2.12. The topological polar surface area (TPSA) is 110 Å². The van der Waals surface area contributed by atoms with Gasteiger partial charge in [0.25, 0.3) is 0 Å². The van der Waals surface area contributed by atoms with E-state index in [0.29, 0.717) is 20.3 Å². The number of thioether (sulfide) groups is 1. The van der Waals surface area contributed by atoms with Gasteiger partial charge in [-0.3, -0.25) is 9.59 Å². The molecule has 8 nitrogen and oxygen atoms in total. The molecule has 0 saturated carbocycles. The van der Waals surface area contributed by atoms with Crippen LogP contribution in [0.1, 0.15) is 21.1 Å². The number of benzene rings is 2. The molecule has 2 heterocycles. The minimum Gasteiger partial charge on any atom is -0.300 e. The minimum absolute atomic E-state index is 0.179. The van der Waals surface area contributed by atoms with Crippen LogP contribution in [0, 0.1) is 0 Å². The number of carbonyl (C=O) groups excluding carboxylic acids is 2. The van der Waals surface area contributed by atoms with E-state index in [0.717, 1.165) is 45.5 Å². The second kappa shape index (κ2) is 13.8. The third-order valence-corrected chi connectivity index (χ3v) is 8.48. The number of aromatic nitrogens is 4. The Labute approximate surface area is 236 Å². The lowest BCUT2D eigenvalue weighted by Crippen LogP contribution is -2.14. The summed E-state index contributed by atoms with van der Waals surface area (Å²) >= 11 is 16.7. The van der Waals surface area contributed by atoms with E-state index in [1.165, 1.54) is 22.7 Å². The Hall–Kier alpha value is -2.57. The molecule has 192 valence electrons. The van der Waals surface area contributed by atoms with Crippen LogP contribution in [0.2, 0.25) is 10.0 Å². The highest BCUT2D eigenvalue weighted by atomic mass is 35.5. The van der Waals surface area contributed by atoms with Crippen molar-refractivity contribution in [2.45, 2.75) is 25.7 Å².